The SMILES string of the molecule is N#Cc1ccc(NCCOc2ncccc2C(F)(F)F)cc1. The number of ether oxygens (including phenoxy) is 1. The number of alkyl halides is 3. The Morgan fingerprint density at radius 2 is 1.91 bits per heavy atom. The van der Waals surface area contributed by atoms with Crippen LogP contribution in [0.5, 0.6) is 5.88 Å². The van der Waals surface area contributed by atoms with Crippen molar-refractivity contribution in [2.24, 2.45) is 0 Å². The topological polar surface area (TPSA) is 57.9 Å². The van der Waals surface area contributed by atoms with Crippen molar-refractivity contribution in [1.82, 2.24) is 4.98 Å². The Kier molecular flexibility index (Phi) is 4.84. The molecule has 1 aromatic heterocycles. The van der Waals surface area contributed by atoms with Gasteiger partial charge in [-0.25, -0.2) is 4.98 Å². The van der Waals surface area contributed by atoms with Crippen LogP contribution in [0.2, 0.25) is 0 Å². The molecule has 0 unspecified atom stereocenters. The largest absolute Gasteiger partial charge is 0.475 e. The van der Waals surface area contributed by atoms with Gasteiger partial charge >= 0.3 is 6.18 Å². The van der Waals surface area contributed by atoms with E-state index in [4.69, 9.17) is 10.00 Å². The van der Waals surface area contributed by atoms with Crippen molar-refractivity contribution in [3.63, 3.8) is 0 Å². The average molecular weight is 307 g/mol. The maximum absolute atomic E-state index is 12.7. The number of hydrogen-bond acceptors (Lipinski definition) is 4. The predicted molar refractivity (Wildman–Crippen MR) is 74.4 cm³/mol. The lowest BCUT2D eigenvalue weighted by molar-refractivity contribution is -0.139. The summed E-state index contributed by atoms with van der Waals surface area (Å²) in [7, 11) is 0. The second kappa shape index (κ2) is 6.80. The maximum Gasteiger partial charge on any atom is 0.421 e. The van der Waals surface area contributed by atoms with Gasteiger partial charge in [-0.2, -0.15) is 18.4 Å². The number of hydrogen-bond donors (Lipinski definition) is 1. The molecule has 2 rings (SSSR count). The Labute approximate surface area is 125 Å². The molecule has 0 aliphatic heterocycles. The van der Waals surface area contributed by atoms with Gasteiger partial charge in [-0.1, -0.05) is 0 Å². The highest BCUT2D eigenvalue weighted by atomic mass is 19.4. The van der Waals surface area contributed by atoms with Crippen LogP contribution in [0.3, 0.4) is 0 Å². The molecular formula is C15H12F3N3O. The number of benzene rings is 1. The smallest absolute Gasteiger partial charge is 0.421 e. The van der Waals surface area contributed by atoms with E-state index < -0.39 is 17.6 Å². The first-order valence-electron chi connectivity index (χ1n) is 6.40. The molecule has 0 aliphatic rings. The summed E-state index contributed by atoms with van der Waals surface area (Å²) >= 11 is 0. The van der Waals surface area contributed by atoms with Crippen LogP contribution in [0.1, 0.15) is 11.1 Å². The summed E-state index contributed by atoms with van der Waals surface area (Å²) in [5.41, 5.74) is 0.387. The van der Waals surface area contributed by atoms with Crippen LogP contribution in [0.4, 0.5) is 18.9 Å². The first-order valence-corrected chi connectivity index (χ1v) is 6.40. The number of anilines is 1. The van der Waals surface area contributed by atoms with Crippen molar-refractivity contribution >= 4 is 5.69 Å². The Bertz CT molecular complexity index is 663. The second-order valence-corrected chi connectivity index (χ2v) is 4.32. The average Bonchev–Trinajstić information content (AvgIpc) is 2.51. The molecule has 1 aromatic carbocycles. The van der Waals surface area contributed by atoms with E-state index in [2.05, 4.69) is 10.3 Å². The molecule has 0 amide bonds. The second-order valence-electron chi connectivity index (χ2n) is 4.32. The number of nitrogens with zero attached hydrogens (tertiary/aromatic N) is 2. The highest BCUT2D eigenvalue weighted by Gasteiger charge is 2.34. The van der Waals surface area contributed by atoms with Crippen LogP contribution < -0.4 is 10.1 Å². The quantitative estimate of drug-likeness (QED) is 0.859. The third-order valence-electron chi connectivity index (χ3n) is 2.76. The van der Waals surface area contributed by atoms with Gasteiger partial charge in [-0.05, 0) is 36.4 Å². The lowest BCUT2D eigenvalue weighted by Gasteiger charge is -2.13. The van der Waals surface area contributed by atoms with Gasteiger partial charge in [0.05, 0.1) is 11.6 Å². The van der Waals surface area contributed by atoms with Crippen molar-refractivity contribution in [2.45, 2.75) is 6.18 Å². The van der Waals surface area contributed by atoms with E-state index in [9.17, 15) is 13.2 Å². The van der Waals surface area contributed by atoms with Crippen LogP contribution in [0.15, 0.2) is 42.6 Å². The van der Waals surface area contributed by atoms with Crippen LogP contribution in [0, 0.1) is 11.3 Å². The van der Waals surface area contributed by atoms with Crippen LogP contribution in [-0.2, 0) is 6.18 Å². The first kappa shape index (κ1) is 15.6. The van der Waals surface area contributed by atoms with Crippen molar-refractivity contribution in [3.05, 3.63) is 53.7 Å². The van der Waals surface area contributed by atoms with E-state index in [0.717, 1.165) is 11.8 Å². The molecule has 2 aromatic rings. The summed E-state index contributed by atoms with van der Waals surface area (Å²) < 4.78 is 43.3. The van der Waals surface area contributed by atoms with Gasteiger partial charge < -0.3 is 10.1 Å². The molecule has 0 radical (unpaired) electrons. The minimum atomic E-state index is -4.50. The van der Waals surface area contributed by atoms with E-state index in [-0.39, 0.29) is 6.61 Å². The van der Waals surface area contributed by atoms with Gasteiger partial charge in [0, 0.05) is 18.4 Å². The lowest BCUT2D eigenvalue weighted by atomic mass is 10.2. The maximum atomic E-state index is 12.7. The Hall–Kier alpha value is -2.75. The Balaban J connectivity index is 1.88. The number of nitrogens with one attached hydrogen (secondary N) is 1. The normalized spacial score (nSPS) is 10.8. The van der Waals surface area contributed by atoms with E-state index in [1.807, 2.05) is 6.07 Å². The van der Waals surface area contributed by atoms with Crippen LogP contribution in [0.25, 0.3) is 0 Å². The molecule has 0 fully saturated rings. The van der Waals surface area contributed by atoms with Gasteiger partial charge in [0.2, 0.25) is 5.88 Å². The zero-order valence-electron chi connectivity index (χ0n) is 11.4. The van der Waals surface area contributed by atoms with E-state index in [1.165, 1.54) is 12.3 Å². The number of pyridine rings is 1. The molecule has 0 bridgehead atoms. The van der Waals surface area contributed by atoms with E-state index >= 15 is 0 Å². The molecule has 22 heavy (non-hydrogen) atoms. The number of aromatic nitrogens is 1. The van der Waals surface area contributed by atoms with E-state index in [1.54, 1.807) is 24.3 Å². The summed E-state index contributed by atoms with van der Waals surface area (Å²) in [4.78, 5) is 3.61. The minimum Gasteiger partial charge on any atom is -0.475 e. The molecule has 0 spiro atoms. The minimum absolute atomic E-state index is 0.0279. The number of nitriles is 1. The Morgan fingerprint density at radius 3 is 2.55 bits per heavy atom. The third kappa shape index (κ3) is 4.12. The fourth-order valence-electron chi connectivity index (χ4n) is 1.73. The summed E-state index contributed by atoms with van der Waals surface area (Å²) in [6.07, 6.45) is -3.25. The molecule has 4 nitrogen and oxygen atoms in total. The van der Waals surface area contributed by atoms with Crippen molar-refractivity contribution in [1.29, 1.82) is 5.26 Å². The van der Waals surface area contributed by atoms with Gasteiger partial charge in [0.1, 0.15) is 12.2 Å². The molecule has 114 valence electrons. The fraction of sp³-hybridized carbons (Fsp3) is 0.200. The van der Waals surface area contributed by atoms with Gasteiger partial charge in [-0.15, -0.1) is 0 Å². The van der Waals surface area contributed by atoms with Gasteiger partial charge in [-0.3, -0.25) is 0 Å². The number of halogens is 3. The molecule has 7 heteroatoms. The summed E-state index contributed by atoms with van der Waals surface area (Å²) in [5, 5.41) is 11.7. The summed E-state index contributed by atoms with van der Waals surface area (Å²) in [6, 6.07) is 10.8. The number of rotatable bonds is 5. The standard InChI is InChI=1S/C15H12F3N3O/c16-15(17,18)13-2-1-7-21-14(13)22-9-8-20-12-5-3-11(10-19)4-6-12/h1-7,20H,8-9H2. The van der Waals surface area contributed by atoms with Crippen molar-refractivity contribution in [2.75, 3.05) is 18.5 Å². The molecule has 0 saturated heterocycles. The highest BCUT2D eigenvalue weighted by molar-refractivity contribution is 5.47. The lowest BCUT2D eigenvalue weighted by Crippen LogP contribution is -2.15. The van der Waals surface area contributed by atoms with Crippen LogP contribution >= 0.6 is 0 Å². The Morgan fingerprint density at radius 1 is 1.18 bits per heavy atom. The highest BCUT2D eigenvalue weighted by Crippen LogP contribution is 2.34. The third-order valence-corrected chi connectivity index (χ3v) is 2.76. The van der Waals surface area contributed by atoms with Crippen molar-refractivity contribution in [3.8, 4) is 11.9 Å². The summed E-state index contributed by atoms with van der Waals surface area (Å²) in [5.74, 6) is -0.434. The predicted octanol–water partition coefficient (Wildman–Crippen LogP) is 3.46. The molecule has 0 atom stereocenters. The fourth-order valence-corrected chi connectivity index (χ4v) is 1.73. The summed E-state index contributed by atoms with van der Waals surface area (Å²) in [6.45, 7) is 0.333. The molecule has 0 saturated carbocycles. The zero-order chi connectivity index (χ0) is 16.0. The van der Waals surface area contributed by atoms with Crippen molar-refractivity contribution < 1.29 is 17.9 Å². The van der Waals surface area contributed by atoms with E-state index in [0.29, 0.717) is 12.1 Å². The molecule has 0 aliphatic carbocycles. The molecule has 1 heterocycles. The molecule has 1 N–H and O–H groups in total. The monoisotopic (exact) mass is 307 g/mol. The zero-order valence-corrected chi connectivity index (χ0v) is 11.4. The van der Waals surface area contributed by atoms with Gasteiger partial charge in [0.25, 0.3) is 0 Å². The first-order chi connectivity index (χ1) is 10.5. The molecular weight excluding hydrogens is 295 g/mol. The van der Waals surface area contributed by atoms with Gasteiger partial charge in [0.15, 0.2) is 0 Å². The van der Waals surface area contributed by atoms with Crippen LogP contribution in [-0.4, -0.2) is 18.1 Å².